The molecule has 1 fully saturated rings. The molecule has 0 spiro atoms. The predicted molar refractivity (Wildman–Crippen MR) is 144 cm³/mol. The van der Waals surface area contributed by atoms with Crippen LogP contribution in [0.5, 0.6) is 0 Å². The van der Waals surface area contributed by atoms with Crippen LogP contribution in [-0.4, -0.2) is 47.4 Å². The molecule has 2 aliphatic heterocycles. The molecule has 0 radical (unpaired) electrons. The molecular formula is C30H32N4O2. The van der Waals surface area contributed by atoms with Crippen molar-refractivity contribution in [3.05, 3.63) is 95.8 Å². The molecule has 2 aromatic carbocycles. The van der Waals surface area contributed by atoms with E-state index in [-0.39, 0.29) is 17.9 Å². The lowest BCUT2D eigenvalue weighted by Crippen LogP contribution is -2.47. The maximum atomic E-state index is 13.6. The number of benzene rings is 2. The predicted octanol–water partition coefficient (Wildman–Crippen LogP) is 4.70. The number of nitrogens with zero attached hydrogens (tertiary/aromatic N) is 4. The lowest BCUT2D eigenvalue weighted by Gasteiger charge is -2.38. The second-order valence-corrected chi connectivity index (χ2v) is 9.55. The van der Waals surface area contributed by atoms with E-state index in [1.807, 2.05) is 46.2 Å². The minimum absolute atomic E-state index is 0.0365. The number of aromatic nitrogens is 1. The highest BCUT2D eigenvalue weighted by atomic mass is 16.2. The largest absolute Gasteiger partial charge is 0.312 e. The second kappa shape index (κ2) is 10.9. The van der Waals surface area contributed by atoms with Crippen molar-refractivity contribution in [2.24, 2.45) is 0 Å². The zero-order valence-corrected chi connectivity index (χ0v) is 20.7. The molecule has 1 saturated heterocycles. The van der Waals surface area contributed by atoms with Crippen molar-refractivity contribution >= 4 is 29.3 Å². The van der Waals surface area contributed by atoms with E-state index in [9.17, 15) is 9.59 Å². The van der Waals surface area contributed by atoms with Gasteiger partial charge in [-0.05, 0) is 60.2 Å². The number of fused-ring (bicyclic) bond motifs is 1. The third-order valence-corrected chi connectivity index (χ3v) is 7.13. The smallest absolute Gasteiger partial charge is 0.251 e. The average Bonchev–Trinajstić information content (AvgIpc) is 3.34. The first-order valence-corrected chi connectivity index (χ1v) is 12.7. The van der Waals surface area contributed by atoms with E-state index in [0.717, 1.165) is 61.4 Å². The molecule has 2 aliphatic rings. The van der Waals surface area contributed by atoms with Crippen LogP contribution in [0, 0.1) is 0 Å². The Labute approximate surface area is 212 Å². The fraction of sp³-hybridized carbons (Fsp3) is 0.300. The average molecular weight is 481 g/mol. The molecule has 36 heavy (non-hydrogen) atoms. The number of likely N-dealkylation sites (tertiary alicyclic amines) is 1. The van der Waals surface area contributed by atoms with Crippen LogP contribution in [0.15, 0.2) is 79.1 Å². The Kier molecular flexibility index (Phi) is 7.23. The molecule has 0 atom stereocenters. The second-order valence-electron chi connectivity index (χ2n) is 9.55. The van der Waals surface area contributed by atoms with Gasteiger partial charge in [-0.25, -0.2) is 0 Å². The molecular weight excluding hydrogens is 448 g/mol. The number of carbonyl (C=O) groups excluding carboxylic acids is 2. The third-order valence-electron chi connectivity index (χ3n) is 7.13. The van der Waals surface area contributed by atoms with Crippen molar-refractivity contribution in [2.75, 3.05) is 29.4 Å². The Morgan fingerprint density at radius 3 is 2.56 bits per heavy atom. The molecule has 6 nitrogen and oxygen atoms in total. The number of hydrogen-bond acceptors (Lipinski definition) is 4. The lowest BCUT2D eigenvalue weighted by molar-refractivity contribution is -0.116. The van der Waals surface area contributed by atoms with Gasteiger partial charge in [0.25, 0.3) is 5.91 Å². The summed E-state index contributed by atoms with van der Waals surface area (Å²) in [5, 5.41) is 0. The SMILES string of the molecule is CC(=O)N1CCc2ccc(N(C(=O)C=Cc3cccnc3)C3CCN(Cc4ccccc4)CC3)cc21. The highest BCUT2D eigenvalue weighted by molar-refractivity contribution is 6.05. The summed E-state index contributed by atoms with van der Waals surface area (Å²) in [4.78, 5) is 36.2. The first kappa shape index (κ1) is 23.9. The number of carbonyl (C=O) groups is 2. The van der Waals surface area contributed by atoms with E-state index < -0.39 is 0 Å². The summed E-state index contributed by atoms with van der Waals surface area (Å²) in [6.07, 6.45) is 9.57. The van der Waals surface area contributed by atoms with E-state index in [2.05, 4.69) is 40.2 Å². The summed E-state index contributed by atoms with van der Waals surface area (Å²) in [5.74, 6) is -0.0119. The number of piperidine rings is 1. The molecule has 1 aromatic heterocycles. The maximum Gasteiger partial charge on any atom is 0.251 e. The third kappa shape index (κ3) is 5.39. The van der Waals surface area contributed by atoms with Crippen LogP contribution >= 0.6 is 0 Å². The van der Waals surface area contributed by atoms with Crippen LogP contribution in [0.3, 0.4) is 0 Å². The Morgan fingerprint density at radius 1 is 1.03 bits per heavy atom. The summed E-state index contributed by atoms with van der Waals surface area (Å²) >= 11 is 0. The molecule has 2 amide bonds. The van der Waals surface area contributed by atoms with Crippen LogP contribution in [0.1, 0.15) is 36.5 Å². The van der Waals surface area contributed by atoms with Crippen molar-refractivity contribution in [3.8, 4) is 0 Å². The highest BCUT2D eigenvalue weighted by Gasteiger charge is 2.30. The highest BCUT2D eigenvalue weighted by Crippen LogP contribution is 2.34. The minimum atomic E-state index is -0.0484. The van der Waals surface area contributed by atoms with E-state index in [1.54, 1.807) is 25.4 Å². The standard InChI is InChI=1S/C30H32N4O2/c1-23(35)33-19-13-26-10-11-28(20-29(26)33)34(30(36)12-9-24-8-5-16-31-21-24)27-14-17-32(18-15-27)22-25-6-3-2-4-7-25/h2-12,16,20-21,27H,13-15,17-19,22H2,1H3. The quantitative estimate of drug-likeness (QED) is 0.480. The Bertz CT molecular complexity index is 1230. The van der Waals surface area contributed by atoms with Gasteiger partial charge in [0, 0.05) is 69.0 Å². The summed E-state index contributed by atoms with van der Waals surface area (Å²) in [6, 6.07) is 20.5. The first-order chi connectivity index (χ1) is 17.6. The van der Waals surface area contributed by atoms with Crippen molar-refractivity contribution in [2.45, 2.75) is 38.8 Å². The van der Waals surface area contributed by atoms with Gasteiger partial charge in [0.2, 0.25) is 5.91 Å². The maximum absolute atomic E-state index is 13.6. The number of anilines is 2. The summed E-state index contributed by atoms with van der Waals surface area (Å²) in [7, 11) is 0. The van der Waals surface area contributed by atoms with Crippen LogP contribution in [0.2, 0.25) is 0 Å². The molecule has 0 saturated carbocycles. The molecule has 0 unspecified atom stereocenters. The van der Waals surface area contributed by atoms with Crippen molar-refractivity contribution in [3.63, 3.8) is 0 Å². The van der Waals surface area contributed by atoms with Crippen molar-refractivity contribution in [1.29, 1.82) is 0 Å². The van der Waals surface area contributed by atoms with E-state index in [1.165, 1.54) is 5.56 Å². The van der Waals surface area contributed by atoms with Gasteiger partial charge in [-0.2, -0.15) is 0 Å². The van der Waals surface area contributed by atoms with Gasteiger partial charge in [0.05, 0.1) is 0 Å². The monoisotopic (exact) mass is 480 g/mol. The molecule has 6 heteroatoms. The van der Waals surface area contributed by atoms with Gasteiger partial charge in [-0.15, -0.1) is 0 Å². The van der Waals surface area contributed by atoms with Gasteiger partial charge >= 0.3 is 0 Å². The van der Waals surface area contributed by atoms with Gasteiger partial charge in [-0.1, -0.05) is 42.5 Å². The molecule has 3 aromatic rings. The first-order valence-electron chi connectivity index (χ1n) is 12.7. The number of rotatable bonds is 6. The van der Waals surface area contributed by atoms with Crippen LogP contribution in [0.4, 0.5) is 11.4 Å². The fourth-order valence-corrected chi connectivity index (χ4v) is 5.26. The zero-order valence-electron chi connectivity index (χ0n) is 20.7. The van der Waals surface area contributed by atoms with Crippen molar-refractivity contribution < 1.29 is 9.59 Å². The number of amides is 2. The lowest BCUT2D eigenvalue weighted by atomic mass is 10.0. The molecule has 3 heterocycles. The van der Waals surface area contributed by atoms with Gasteiger partial charge in [0.1, 0.15) is 0 Å². The minimum Gasteiger partial charge on any atom is -0.312 e. The topological polar surface area (TPSA) is 56.8 Å². The number of hydrogen-bond donors (Lipinski definition) is 0. The molecule has 184 valence electrons. The molecule has 5 rings (SSSR count). The molecule has 0 bridgehead atoms. The zero-order chi connectivity index (χ0) is 24.9. The van der Waals surface area contributed by atoms with Crippen LogP contribution < -0.4 is 9.80 Å². The van der Waals surface area contributed by atoms with Gasteiger partial charge in [0.15, 0.2) is 0 Å². The van der Waals surface area contributed by atoms with E-state index >= 15 is 0 Å². The van der Waals surface area contributed by atoms with Gasteiger partial charge in [-0.3, -0.25) is 19.5 Å². The summed E-state index contributed by atoms with van der Waals surface area (Å²) < 4.78 is 0. The van der Waals surface area contributed by atoms with Crippen LogP contribution in [0.25, 0.3) is 6.08 Å². The van der Waals surface area contributed by atoms with E-state index in [0.29, 0.717) is 6.54 Å². The molecule has 0 aliphatic carbocycles. The molecule has 0 N–H and O–H groups in total. The Hall–Kier alpha value is -3.77. The van der Waals surface area contributed by atoms with E-state index in [4.69, 9.17) is 0 Å². The fourth-order valence-electron chi connectivity index (χ4n) is 5.26. The van der Waals surface area contributed by atoms with Gasteiger partial charge < -0.3 is 9.80 Å². The van der Waals surface area contributed by atoms with Crippen molar-refractivity contribution in [1.82, 2.24) is 9.88 Å². The Morgan fingerprint density at radius 2 is 1.83 bits per heavy atom. The summed E-state index contributed by atoms with van der Waals surface area (Å²) in [5.41, 5.74) is 5.14. The normalized spacial score (nSPS) is 16.3. The number of pyridine rings is 1. The Balaban J connectivity index is 1.38. The summed E-state index contributed by atoms with van der Waals surface area (Å²) in [6.45, 7) is 5.08. The van der Waals surface area contributed by atoms with Crippen LogP contribution in [-0.2, 0) is 22.6 Å².